The summed E-state index contributed by atoms with van der Waals surface area (Å²) in [4.78, 5) is 4.40. The van der Waals surface area contributed by atoms with Crippen LogP contribution in [-0.2, 0) is 5.41 Å². The fraction of sp³-hybridized carbons (Fsp3) is 0.526. The molecule has 0 amide bonds. The first-order chi connectivity index (χ1) is 10.8. The maximum absolute atomic E-state index is 4.40. The lowest BCUT2D eigenvalue weighted by Gasteiger charge is -2.31. The van der Waals surface area contributed by atoms with Crippen LogP contribution < -0.4 is 10.6 Å². The van der Waals surface area contributed by atoms with Gasteiger partial charge in [-0.15, -0.1) is 0 Å². The zero-order valence-corrected chi connectivity index (χ0v) is 13.5. The van der Waals surface area contributed by atoms with Gasteiger partial charge in [0.05, 0.1) is 0 Å². The lowest BCUT2D eigenvalue weighted by molar-refractivity contribution is 0.430. The Morgan fingerprint density at radius 1 is 1.14 bits per heavy atom. The van der Waals surface area contributed by atoms with Crippen molar-refractivity contribution < 1.29 is 0 Å². The van der Waals surface area contributed by atoms with E-state index in [9.17, 15) is 0 Å². The summed E-state index contributed by atoms with van der Waals surface area (Å²) in [5, 5.41) is 7.12. The average molecular weight is 297 g/mol. The van der Waals surface area contributed by atoms with Crippen LogP contribution in [0.3, 0.4) is 0 Å². The van der Waals surface area contributed by atoms with Gasteiger partial charge in [-0.25, -0.2) is 0 Å². The van der Waals surface area contributed by atoms with Gasteiger partial charge in [0.15, 0.2) is 5.96 Å². The first-order valence-electron chi connectivity index (χ1n) is 8.50. The molecule has 118 valence electrons. The highest BCUT2D eigenvalue weighted by molar-refractivity contribution is 5.80. The lowest BCUT2D eigenvalue weighted by atomic mass is 9.79. The maximum atomic E-state index is 4.40. The molecule has 0 spiro atoms. The SMILES string of the molecule is CN=C(NCC1(c2ccccc2)CCCC1)NC1CC=CC1. The molecule has 3 rings (SSSR count). The van der Waals surface area contributed by atoms with Crippen LogP contribution in [0.5, 0.6) is 0 Å². The molecule has 1 aromatic rings. The van der Waals surface area contributed by atoms with E-state index in [0.717, 1.165) is 25.3 Å². The van der Waals surface area contributed by atoms with E-state index in [4.69, 9.17) is 0 Å². The fourth-order valence-electron chi connectivity index (χ4n) is 3.79. The van der Waals surface area contributed by atoms with E-state index < -0.39 is 0 Å². The van der Waals surface area contributed by atoms with Gasteiger partial charge in [0.2, 0.25) is 0 Å². The monoisotopic (exact) mass is 297 g/mol. The lowest BCUT2D eigenvalue weighted by Crippen LogP contribution is -2.47. The van der Waals surface area contributed by atoms with E-state index in [1.807, 2.05) is 7.05 Å². The van der Waals surface area contributed by atoms with Gasteiger partial charge in [0, 0.05) is 25.0 Å². The molecule has 22 heavy (non-hydrogen) atoms. The van der Waals surface area contributed by atoms with Crippen LogP contribution in [0.4, 0.5) is 0 Å². The predicted molar refractivity (Wildman–Crippen MR) is 93.2 cm³/mol. The molecule has 2 aliphatic carbocycles. The molecule has 2 aliphatic rings. The van der Waals surface area contributed by atoms with E-state index in [0.29, 0.717) is 6.04 Å². The number of benzene rings is 1. The molecule has 1 saturated carbocycles. The van der Waals surface area contributed by atoms with Crippen molar-refractivity contribution in [2.75, 3.05) is 13.6 Å². The number of aliphatic imine (C=N–C) groups is 1. The normalized spacial score (nSPS) is 21.2. The first kappa shape index (κ1) is 15.1. The number of nitrogens with one attached hydrogen (secondary N) is 2. The third kappa shape index (κ3) is 3.34. The third-order valence-corrected chi connectivity index (χ3v) is 5.11. The van der Waals surface area contributed by atoms with E-state index in [1.165, 1.54) is 31.2 Å². The summed E-state index contributed by atoms with van der Waals surface area (Å²) >= 11 is 0. The summed E-state index contributed by atoms with van der Waals surface area (Å²) < 4.78 is 0. The van der Waals surface area contributed by atoms with Gasteiger partial charge in [0.1, 0.15) is 0 Å². The summed E-state index contributed by atoms with van der Waals surface area (Å²) in [5.41, 5.74) is 1.74. The molecular formula is C19H27N3. The molecular weight excluding hydrogens is 270 g/mol. The van der Waals surface area contributed by atoms with Gasteiger partial charge in [0.25, 0.3) is 0 Å². The number of nitrogens with zero attached hydrogens (tertiary/aromatic N) is 1. The number of rotatable bonds is 4. The number of hydrogen-bond donors (Lipinski definition) is 2. The van der Waals surface area contributed by atoms with Crippen molar-refractivity contribution in [2.45, 2.75) is 50.0 Å². The van der Waals surface area contributed by atoms with Crippen molar-refractivity contribution >= 4 is 5.96 Å². The van der Waals surface area contributed by atoms with Crippen LogP contribution in [0.2, 0.25) is 0 Å². The van der Waals surface area contributed by atoms with E-state index in [1.54, 1.807) is 0 Å². The molecule has 0 radical (unpaired) electrons. The summed E-state index contributed by atoms with van der Waals surface area (Å²) in [5.74, 6) is 0.941. The summed E-state index contributed by atoms with van der Waals surface area (Å²) in [6.45, 7) is 0.969. The average Bonchev–Trinajstić information content (AvgIpc) is 3.25. The smallest absolute Gasteiger partial charge is 0.191 e. The Morgan fingerprint density at radius 3 is 2.45 bits per heavy atom. The fourth-order valence-corrected chi connectivity index (χ4v) is 3.79. The largest absolute Gasteiger partial charge is 0.356 e. The van der Waals surface area contributed by atoms with E-state index >= 15 is 0 Å². The van der Waals surface area contributed by atoms with Gasteiger partial charge in [-0.3, -0.25) is 4.99 Å². The van der Waals surface area contributed by atoms with Crippen LogP contribution in [0.15, 0.2) is 47.5 Å². The highest BCUT2D eigenvalue weighted by Gasteiger charge is 2.35. The molecule has 0 atom stereocenters. The minimum Gasteiger partial charge on any atom is -0.356 e. The molecule has 1 aromatic carbocycles. The topological polar surface area (TPSA) is 36.4 Å². The zero-order chi connectivity index (χ0) is 15.3. The van der Waals surface area contributed by atoms with Crippen LogP contribution >= 0.6 is 0 Å². The zero-order valence-electron chi connectivity index (χ0n) is 13.5. The second kappa shape index (κ2) is 6.99. The Hall–Kier alpha value is -1.77. The number of hydrogen-bond acceptors (Lipinski definition) is 1. The van der Waals surface area contributed by atoms with Gasteiger partial charge in [-0.1, -0.05) is 55.3 Å². The Kier molecular flexibility index (Phi) is 4.81. The quantitative estimate of drug-likeness (QED) is 0.508. The molecule has 0 heterocycles. The molecule has 0 bridgehead atoms. The third-order valence-electron chi connectivity index (χ3n) is 5.11. The van der Waals surface area contributed by atoms with Gasteiger partial charge in [-0.2, -0.15) is 0 Å². The van der Waals surface area contributed by atoms with Crippen LogP contribution in [-0.4, -0.2) is 25.6 Å². The Morgan fingerprint density at radius 2 is 1.82 bits per heavy atom. The van der Waals surface area contributed by atoms with Crippen LogP contribution in [0, 0.1) is 0 Å². The second-order valence-electron chi connectivity index (χ2n) is 6.56. The van der Waals surface area contributed by atoms with Crippen molar-refractivity contribution in [1.82, 2.24) is 10.6 Å². The van der Waals surface area contributed by atoms with Crippen molar-refractivity contribution in [1.29, 1.82) is 0 Å². The van der Waals surface area contributed by atoms with Gasteiger partial charge < -0.3 is 10.6 Å². The highest BCUT2D eigenvalue weighted by Crippen LogP contribution is 2.40. The summed E-state index contributed by atoms with van der Waals surface area (Å²) in [6.07, 6.45) is 11.9. The predicted octanol–water partition coefficient (Wildman–Crippen LogP) is 3.38. The van der Waals surface area contributed by atoms with Crippen molar-refractivity contribution in [3.05, 3.63) is 48.0 Å². The van der Waals surface area contributed by atoms with Crippen LogP contribution in [0.1, 0.15) is 44.1 Å². The van der Waals surface area contributed by atoms with E-state index in [2.05, 4.69) is 58.1 Å². The molecule has 0 aromatic heterocycles. The Labute approximate surface area is 133 Å². The second-order valence-corrected chi connectivity index (χ2v) is 6.56. The minimum absolute atomic E-state index is 0.271. The van der Waals surface area contributed by atoms with Gasteiger partial charge in [-0.05, 0) is 31.2 Å². The molecule has 0 saturated heterocycles. The minimum atomic E-state index is 0.271. The van der Waals surface area contributed by atoms with Crippen molar-refractivity contribution in [2.24, 2.45) is 4.99 Å². The Bertz CT molecular complexity index is 519. The molecule has 2 N–H and O–H groups in total. The molecule has 0 aliphatic heterocycles. The summed E-state index contributed by atoms with van der Waals surface area (Å²) in [7, 11) is 1.86. The molecule has 3 heteroatoms. The standard InChI is InChI=1S/C19H27N3/c1-20-18(22-17-11-5-6-12-17)21-15-19(13-7-8-14-19)16-9-3-2-4-10-16/h2-6,9-10,17H,7-8,11-15H2,1H3,(H2,20,21,22). The number of guanidine groups is 1. The molecule has 3 nitrogen and oxygen atoms in total. The first-order valence-corrected chi connectivity index (χ1v) is 8.50. The summed E-state index contributed by atoms with van der Waals surface area (Å²) in [6, 6.07) is 11.5. The maximum Gasteiger partial charge on any atom is 0.191 e. The molecule has 1 fully saturated rings. The highest BCUT2D eigenvalue weighted by atomic mass is 15.2. The van der Waals surface area contributed by atoms with E-state index in [-0.39, 0.29) is 5.41 Å². The Balaban J connectivity index is 1.64. The van der Waals surface area contributed by atoms with Gasteiger partial charge >= 0.3 is 0 Å². The molecule has 0 unspecified atom stereocenters. The van der Waals surface area contributed by atoms with Crippen LogP contribution in [0.25, 0.3) is 0 Å². The van der Waals surface area contributed by atoms with Crippen molar-refractivity contribution in [3.63, 3.8) is 0 Å². The van der Waals surface area contributed by atoms with Crippen molar-refractivity contribution in [3.8, 4) is 0 Å².